The Morgan fingerprint density at radius 2 is 1.48 bits per heavy atom. The third-order valence-corrected chi connectivity index (χ3v) is 15.1. The van der Waals surface area contributed by atoms with Crippen molar-refractivity contribution in [3.8, 4) is 0 Å². The normalized spacial score (nSPS) is 31.7. The van der Waals surface area contributed by atoms with Crippen LogP contribution in [0.3, 0.4) is 0 Å². The number of nitrogens with one attached hydrogen (secondary N) is 3. The van der Waals surface area contributed by atoms with Crippen LogP contribution in [0.15, 0.2) is 30.3 Å². The van der Waals surface area contributed by atoms with E-state index < -0.39 is 66.2 Å². The second-order valence-corrected chi connectivity index (χ2v) is 20.0. The zero-order chi connectivity index (χ0) is 45.6. The first kappa shape index (κ1) is 48.8. The zero-order valence-electron chi connectivity index (χ0n) is 37.7. The van der Waals surface area contributed by atoms with Crippen LogP contribution in [0.4, 0.5) is 4.79 Å². The number of aliphatic hydroxyl groups excluding tert-OH is 2. The van der Waals surface area contributed by atoms with E-state index in [4.69, 9.17) is 14.2 Å². The SMILES string of the molecule is COC(=O)CC[C@@H](C)[C@H]1CC[C@H]2[C@@H]3[C@H](O)C[C@@H]4C[C@@H](NC(=O)[C@H](CCC(=O)OCc5ccccc5)NC(=O)[C@H](CCC(=O)O)NC(=O)OC(C)(C)C)CC[C@]4(C)[C@H]3C[C@H](O)[C@]12C. The molecule has 0 spiro atoms. The van der Waals surface area contributed by atoms with Crippen LogP contribution in [0.1, 0.15) is 131 Å². The van der Waals surface area contributed by atoms with E-state index in [1.54, 1.807) is 20.8 Å². The number of carboxylic acid groups (broad SMARTS) is 1. The van der Waals surface area contributed by atoms with Crippen LogP contribution >= 0.6 is 0 Å². The Balaban J connectivity index is 1.28. The Bertz CT molecular complexity index is 1750. The van der Waals surface area contributed by atoms with E-state index in [0.717, 1.165) is 24.8 Å². The molecular formula is C47H71N3O12. The lowest BCUT2D eigenvalue weighted by Crippen LogP contribution is -2.63. The van der Waals surface area contributed by atoms with E-state index in [0.29, 0.717) is 38.5 Å². The largest absolute Gasteiger partial charge is 0.481 e. The molecule has 4 fully saturated rings. The number of alkyl carbamates (subject to hydrolysis) is 1. The van der Waals surface area contributed by atoms with Crippen LogP contribution in [0, 0.1) is 46.3 Å². The summed E-state index contributed by atoms with van der Waals surface area (Å²) in [5.41, 5.74) is -0.681. The highest BCUT2D eigenvalue weighted by atomic mass is 16.6. The molecule has 4 saturated carbocycles. The van der Waals surface area contributed by atoms with E-state index in [1.807, 2.05) is 30.3 Å². The van der Waals surface area contributed by atoms with Gasteiger partial charge in [-0.15, -0.1) is 0 Å². The Kier molecular flexibility index (Phi) is 16.1. The van der Waals surface area contributed by atoms with E-state index in [2.05, 4.69) is 36.7 Å². The lowest BCUT2D eigenvalue weighted by atomic mass is 9.43. The molecule has 1 aromatic rings. The maximum Gasteiger partial charge on any atom is 0.408 e. The summed E-state index contributed by atoms with van der Waals surface area (Å²) in [7, 11) is 1.40. The minimum Gasteiger partial charge on any atom is -0.481 e. The number of hydrogen-bond acceptors (Lipinski definition) is 11. The van der Waals surface area contributed by atoms with Crippen LogP contribution in [-0.4, -0.2) is 94.2 Å². The molecule has 346 valence electrons. The first-order valence-corrected chi connectivity index (χ1v) is 22.6. The van der Waals surface area contributed by atoms with Crippen LogP contribution in [0.25, 0.3) is 0 Å². The van der Waals surface area contributed by atoms with Crippen LogP contribution < -0.4 is 16.0 Å². The molecule has 6 N–H and O–H groups in total. The van der Waals surface area contributed by atoms with Gasteiger partial charge < -0.3 is 45.5 Å². The number of fused-ring (bicyclic) bond motifs is 5. The molecule has 0 aliphatic heterocycles. The summed E-state index contributed by atoms with van der Waals surface area (Å²) in [5, 5.41) is 41.6. The summed E-state index contributed by atoms with van der Waals surface area (Å²) in [6, 6.07) is 6.24. The van der Waals surface area contributed by atoms with Gasteiger partial charge in [-0.1, -0.05) is 51.1 Å². The van der Waals surface area contributed by atoms with Gasteiger partial charge >= 0.3 is 24.0 Å². The summed E-state index contributed by atoms with van der Waals surface area (Å²) in [6.45, 7) is 11.6. The highest BCUT2D eigenvalue weighted by molar-refractivity contribution is 5.92. The molecule has 3 amide bonds. The van der Waals surface area contributed by atoms with Crippen molar-refractivity contribution in [2.45, 2.75) is 168 Å². The average Bonchev–Trinajstić information content (AvgIpc) is 3.57. The topological polar surface area (TPSA) is 227 Å². The van der Waals surface area contributed by atoms with Gasteiger partial charge in [-0.2, -0.15) is 0 Å². The maximum atomic E-state index is 14.2. The predicted molar refractivity (Wildman–Crippen MR) is 228 cm³/mol. The number of methoxy groups -OCH3 is 1. The number of ether oxygens (including phenoxy) is 3. The maximum absolute atomic E-state index is 14.2. The molecule has 4 aliphatic carbocycles. The van der Waals surface area contributed by atoms with Crippen LogP contribution in [-0.2, 0) is 44.8 Å². The number of aliphatic hydroxyl groups is 2. The summed E-state index contributed by atoms with van der Waals surface area (Å²) in [4.78, 5) is 77.0. The zero-order valence-corrected chi connectivity index (χ0v) is 37.7. The van der Waals surface area contributed by atoms with Gasteiger partial charge in [-0.3, -0.25) is 24.0 Å². The number of esters is 2. The first-order chi connectivity index (χ1) is 29.2. The molecule has 13 atom stereocenters. The standard InChI is InChI=1S/C47H71N3O12/c1-27(13-19-39(55)60-7)31-14-15-32-41-33(25-37(52)47(31,32)6)46(5)22-21-30(23-29(46)24-36(41)51)48-42(57)34(17-20-40(56)61-26-28-11-9-8-10-12-28)49-43(58)35(16-18-38(53)54)50-44(59)62-45(2,3)4/h8-12,27,29-37,41,51-52H,13-26H2,1-7H3,(H,48,57)(H,49,58)(H,50,59)(H,53,54)/t27-,29+,30+,31-,32+,33+,34+,35+,36-,37+,41+,46+,47-/m1/s1. The van der Waals surface area contributed by atoms with Gasteiger partial charge in [0.15, 0.2) is 0 Å². The van der Waals surface area contributed by atoms with Crippen molar-refractivity contribution in [3.63, 3.8) is 0 Å². The van der Waals surface area contributed by atoms with Crippen molar-refractivity contribution < 1.29 is 58.3 Å². The van der Waals surface area contributed by atoms with E-state index in [1.165, 1.54) is 7.11 Å². The smallest absolute Gasteiger partial charge is 0.408 e. The summed E-state index contributed by atoms with van der Waals surface area (Å²) < 4.78 is 15.7. The second-order valence-electron chi connectivity index (χ2n) is 20.0. The van der Waals surface area contributed by atoms with Crippen LogP contribution in [0.5, 0.6) is 0 Å². The second kappa shape index (κ2) is 20.5. The fourth-order valence-electron chi connectivity index (χ4n) is 11.8. The minimum absolute atomic E-state index is 0.0261. The molecule has 1 aromatic carbocycles. The Labute approximate surface area is 366 Å². The molecule has 15 nitrogen and oxygen atoms in total. The van der Waals surface area contributed by atoms with Crippen LogP contribution in [0.2, 0.25) is 0 Å². The van der Waals surface area contributed by atoms with Gasteiger partial charge in [-0.05, 0) is 137 Å². The molecule has 0 radical (unpaired) electrons. The molecule has 0 aromatic heterocycles. The Morgan fingerprint density at radius 3 is 2.15 bits per heavy atom. The van der Waals surface area contributed by atoms with Crippen molar-refractivity contribution in [3.05, 3.63) is 35.9 Å². The third kappa shape index (κ3) is 11.7. The molecule has 15 heteroatoms. The number of hydrogen-bond donors (Lipinski definition) is 6. The van der Waals surface area contributed by atoms with Crippen molar-refractivity contribution in [1.29, 1.82) is 0 Å². The minimum atomic E-state index is -1.35. The molecular weight excluding hydrogens is 799 g/mol. The Morgan fingerprint density at radius 1 is 0.823 bits per heavy atom. The highest BCUT2D eigenvalue weighted by Crippen LogP contribution is 2.68. The predicted octanol–water partition coefficient (Wildman–Crippen LogP) is 5.43. The number of carbonyl (C=O) groups excluding carboxylic acids is 5. The fraction of sp³-hybridized carbons (Fsp3) is 0.745. The van der Waals surface area contributed by atoms with Gasteiger partial charge in [0.2, 0.25) is 11.8 Å². The van der Waals surface area contributed by atoms with Crippen molar-refractivity contribution in [2.75, 3.05) is 7.11 Å². The fourth-order valence-corrected chi connectivity index (χ4v) is 11.8. The highest BCUT2D eigenvalue weighted by Gasteiger charge is 2.65. The molecule has 0 unspecified atom stereocenters. The number of carbonyl (C=O) groups is 6. The molecule has 5 rings (SSSR count). The number of amides is 3. The lowest BCUT2D eigenvalue weighted by Gasteiger charge is -2.63. The van der Waals surface area contributed by atoms with Crippen molar-refractivity contribution in [2.24, 2.45) is 46.3 Å². The third-order valence-electron chi connectivity index (χ3n) is 15.1. The summed E-state index contributed by atoms with van der Waals surface area (Å²) >= 11 is 0. The first-order valence-electron chi connectivity index (χ1n) is 22.6. The molecule has 0 heterocycles. The monoisotopic (exact) mass is 870 g/mol. The molecule has 62 heavy (non-hydrogen) atoms. The average molecular weight is 870 g/mol. The summed E-state index contributed by atoms with van der Waals surface area (Å²) in [6.07, 6.45) is 2.85. The number of benzene rings is 1. The number of aliphatic carboxylic acids is 1. The van der Waals surface area contributed by atoms with Gasteiger partial charge in [0.25, 0.3) is 0 Å². The van der Waals surface area contributed by atoms with Gasteiger partial charge in [0.1, 0.15) is 24.3 Å². The van der Waals surface area contributed by atoms with Gasteiger partial charge in [-0.25, -0.2) is 4.79 Å². The van der Waals surface area contributed by atoms with E-state index in [9.17, 15) is 44.1 Å². The van der Waals surface area contributed by atoms with Gasteiger partial charge in [0.05, 0.1) is 19.3 Å². The quantitative estimate of drug-likeness (QED) is 0.0852. The summed E-state index contributed by atoms with van der Waals surface area (Å²) in [5.74, 6) is -2.61. The molecule has 0 saturated heterocycles. The van der Waals surface area contributed by atoms with Gasteiger partial charge in [0, 0.05) is 25.3 Å². The lowest BCUT2D eigenvalue weighted by molar-refractivity contribution is -0.202. The van der Waals surface area contributed by atoms with E-state index in [-0.39, 0.29) is 84.2 Å². The number of carboxylic acids is 1. The van der Waals surface area contributed by atoms with E-state index >= 15 is 0 Å². The van der Waals surface area contributed by atoms with Crippen molar-refractivity contribution >= 4 is 35.8 Å². The molecule has 0 bridgehead atoms. The Hall–Kier alpha value is -4.24. The van der Waals surface area contributed by atoms with Crippen molar-refractivity contribution in [1.82, 2.24) is 16.0 Å². The molecule has 4 aliphatic rings. The number of rotatable bonds is 17.